The number of amides is 1. The van der Waals surface area contributed by atoms with Gasteiger partial charge in [0, 0.05) is 6.04 Å². The molecule has 0 spiro atoms. The Hall–Kier alpha value is -2.49. The van der Waals surface area contributed by atoms with Crippen molar-refractivity contribution < 1.29 is 14.6 Å². The van der Waals surface area contributed by atoms with Gasteiger partial charge in [0.05, 0.1) is 0 Å². The normalized spacial score (nSPS) is 11.7. The third-order valence-corrected chi connectivity index (χ3v) is 2.81. The predicted molar refractivity (Wildman–Crippen MR) is 77.3 cm³/mol. The van der Waals surface area contributed by atoms with Crippen molar-refractivity contribution in [1.29, 1.82) is 0 Å². The first kappa shape index (κ1) is 13.9. The molecule has 4 heteroatoms. The fourth-order valence-corrected chi connectivity index (χ4v) is 1.93. The van der Waals surface area contributed by atoms with Gasteiger partial charge in [-0.1, -0.05) is 30.3 Å². The quantitative estimate of drug-likeness (QED) is 0.872. The Morgan fingerprint density at radius 3 is 2.30 bits per heavy atom. The van der Waals surface area contributed by atoms with Gasteiger partial charge in [0.25, 0.3) is 0 Å². The average molecular weight is 271 g/mol. The van der Waals surface area contributed by atoms with E-state index in [2.05, 4.69) is 5.32 Å². The second kappa shape index (κ2) is 6.61. The minimum Gasteiger partial charge on any atom is -0.465 e. The third-order valence-electron chi connectivity index (χ3n) is 2.81. The summed E-state index contributed by atoms with van der Waals surface area (Å²) in [4.78, 5) is 10.5. The molecule has 0 aliphatic carbocycles. The summed E-state index contributed by atoms with van der Waals surface area (Å²) < 4.78 is 5.69. The molecule has 1 unspecified atom stereocenters. The van der Waals surface area contributed by atoms with Crippen molar-refractivity contribution in [2.24, 2.45) is 0 Å². The predicted octanol–water partition coefficient (Wildman–Crippen LogP) is 3.68. The van der Waals surface area contributed by atoms with E-state index in [-0.39, 0.29) is 6.04 Å². The highest BCUT2D eigenvalue weighted by molar-refractivity contribution is 5.64. The molecular weight excluding hydrogens is 254 g/mol. The second-order valence-electron chi connectivity index (χ2n) is 4.61. The largest absolute Gasteiger partial charge is 0.465 e. The molecule has 4 nitrogen and oxygen atoms in total. The summed E-state index contributed by atoms with van der Waals surface area (Å²) in [6.45, 7) is 1.84. The first-order chi connectivity index (χ1) is 9.63. The summed E-state index contributed by atoms with van der Waals surface area (Å²) in [5, 5.41) is 11.1. The summed E-state index contributed by atoms with van der Waals surface area (Å²) >= 11 is 0. The van der Waals surface area contributed by atoms with Crippen molar-refractivity contribution >= 4 is 6.09 Å². The van der Waals surface area contributed by atoms with Gasteiger partial charge in [0.2, 0.25) is 0 Å². The minimum absolute atomic E-state index is 0.117. The van der Waals surface area contributed by atoms with Crippen LogP contribution in [0.15, 0.2) is 54.6 Å². The van der Waals surface area contributed by atoms with Crippen molar-refractivity contribution in [1.82, 2.24) is 5.32 Å². The van der Waals surface area contributed by atoms with Gasteiger partial charge in [-0.2, -0.15) is 0 Å². The smallest absolute Gasteiger partial charge is 0.404 e. The van der Waals surface area contributed by atoms with Crippen LogP contribution in [0.4, 0.5) is 4.79 Å². The number of carboxylic acid groups (broad SMARTS) is 1. The standard InChI is InChI=1S/C16H17NO3/c1-12(17-16(18)19)11-13-7-9-15(10-8-13)20-14-5-3-2-4-6-14/h2-10,12,17H,11H2,1H3,(H,18,19). The van der Waals surface area contributed by atoms with Crippen molar-refractivity contribution in [3.05, 3.63) is 60.2 Å². The number of hydrogen-bond donors (Lipinski definition) is 2. The number of carbonyl (C=O) groups is 1. The minimum atomic E-state index is -0.999. The van der Waals surface area contributed by atoms with Crippen molar-refractivity contribution in [3.63, 3.8) is 0 Å². The highest BCUT2D eigenvalue weighted by atomic mass is 16.5. The molecule has 0 saturated carbocycles. The van der Waals surface area contributed by atoms with Crippen LogP contribution in [0.25, 0.3) is 0 Å². The molecule has 0 saturated heterocycles. The molecule has 2 aromatic rings. The molecule has 0 fully saturated rings. The van der Waals surface area contributed by atoms with Crippen LogP contribution in [0.1, 0.15) is 12.5 Å². The van der Waals surface area contributed by atoms with Crippen LogP contribution in [0.5, 0.6) is 11.5 Å². The van der Waals surface area contributed by atoms with Crippen LogP contribution in [0.3, 0.4) is 0 Å². The molecule has 0 radical (unpaired) electrons. The zero-order chi connectivity index (χ0) is 14.4. The van der Waals surface area contributed by atoms with E-state index in [1.807, 2.05) is 61.5 Å². The molecule has 104 valence electrons. The molecule has 0 aromatic heterocycles. The third kappa shape index (κ3) is 4.31. The zero-order valence-corrected chi connectivity index (χ0v) is 11.2. The van der Waals surface area contributed by atoms with Gasteiger partial charge in [-0.3, -0.25) is 0 Å². The maximum atomic E-state index is 10.5. The maximum Gasteiger partial charge on any atom is 0.404 e. The van der Waals surface area contributed by atoms with Gasteiger partial charge >= 0.3 is 6.09 Å². The van der Waals surface area contributed by atoms with E-state index < -0.39 is 6.09 Å². The Balaban J connectivity index is 1.94. The van der Waals surface area contributed by atoms with Gasteiger partial charge < -0.3 is 15.2 Å². The van der Waals surface area contributed by atoms with E-state index in [0.717, 1.165) is 17.1 Å². The Bertz CT molecular complexity index is 552. The molecule has 1 atom stereocenters. The molecule has 0 aliphatic heterocycles. The lowest BCUT2D eigenvalue weighted by Gasteiger charge is -2.12. The van der Waals surface area contributed by atoms with E-state index in [1.54, 1.807) is 0 Å². The molecular formula is C16H17NO3. The van der Waals surface area contributed by atoms with Crippen LogP contribution >= 0.6 is 0 Å². The molecule has 2 aromatic carbocycles. The lowest BCUT2D eigenvalue weighted by molar-refractivity contribution is 0.190. The fraction of sp³-hybridized carbons (Fsp3) is 0.188. The SMILES string of the molecule is CC(Cc1ccc(Oc2ccccc2)cc1)NC(=O)O. The van der Waals surface area contributed by atoms with E-state index in [9.17, 15) is 4.79 Å². The van der Waals surface area contributed by atoms with Crippen LogP contribution in [-0.4, -0.2) is 17.2 Å². The van der Waals surface area contributed by atoms with Crippen LogP contribution < -0.4 is 10.1 Å². The number of para-hydroxylation sites is 1. The van der Waals surface area contributed by atoms with Gasteiger partial charge in [0.1, 0.15) is 11.5 Å². The average Bonchev–Trinajstić information content (AvgIpc) is 2.41. The molecule has 2 rings (SSSR count). The lowest BCUT2D eigenvalue weighted by atomic mass is 10.1. The van der Waals surface area contributed by atoms with Crippen LogP contribution in [0.2, 0.25) is 0 Å². The van der Waals surface area contributed by atoms with Gasteiger partial charge in [-0.25, -0.2) is 4.79 Å². The summed E-state index contributed by atoms with van der Waals surface area (Å²) in [5.74, 6) is 1.56. The first-order valence-electron chi connectivity index (χ1n) is 6.45. The highest BCUT2D eigenvalue weighted by Crippen LogP contribution is 2.21. The van der Waals surface area contributed by atoms with E-state index >= 15 is 0 Å². The maximum absolute atomic E-state index is 10.5. The summed E-state index contributed by atoms with van der Waals surface area (Å²) in [6, 6.07) is 17.1. The Labute approximate surface area is 118 Å². The zero-order valence-electron chi connectivity index (χ0n) is 11.2. The van der Waals surface area contributed by atoms with E-state index in [0.29, 0.717) is 6.42 Å². The Kier molecular flexibility index (Phi) is 4.60. The van der Waals surface area contributed by atoms with Crippen LogP contribution in [0, 0.1) is 0 Å². The number of rotatable bonds is 5. The fourth-order valence-electron chi connectivity index (χ4n) is 1.93. The van der Waals surface area contributed by atoms with Gasteiger partial charge in [-0.05, 0) is 43.2 Å². The molecule has 2 N–H and O–H groups in total. The molecule has 0 aliphatic rings. The van der Waals surface area contributed by atoms with Crippen molar-refractivity contribution in [2.75, 3.05) is 0 Å². The lowest BCUT2D eigenvalue weighted by Crippen LogP contribution is -2.32. The first-order valence-corrected chi connectivity index (χ1v) is 6.45. The van der Waals surface area contributed by atoms with Crippen molar-refractivity contribution in [3.8, 4) is 11.5 Å². The monoisotopic (exact) mass is 271 g/mol. The number of nitrogens with one attached hydrogen (secondary N) is 1. The number of benzene rings is 2. The summed E-state index contributed by atoms with van der Waals surface area (Å²) in [5.41, 5.74) is 1.06. The molecule has 0 bridgehead atoms. The second-order valence-corrected chi connectivity index (χ2v) is 4.61. The molecule has 1 amide bonds. The summed E-state index contributed by atoms with van der Waals surface area (Å²) in [7, 11) is 0. The van der Waals surface area contributed by atoms with Crippen molar-refractivity contribution in [2.45, 2.75) is 19.4 Å². The number of ether oxygens (including phenoxy) is 1. The molecule has 20 heavy (non-hydrogen) atoms. The Morgan fingerprint density at radius 2 is 1.70 bits per heavy atom. The topological polar surface area (TPSA) is 58.6 Å². The Morgan fingerprint density at radius 1 is 1.10 bits per heavy atom. The van der Waals surface area contributed by atoms with E-state index in [4.69, 9.17) is 9.84 Å². The number of hydrogen-bond acceptors (Lipinski definition) is 2. The molecule has 0 heterocycles. The van der Waals surface area contributed by atoms with Crippen LogP contribution in [-0.2, 0) is 6.42 Å². The highest BCUT2D eigenvalue weighted by Gasteiger charge is 2.06. The summed E-state index contributed by atoms with van der Waals surface area (Å²) in [6.07, 6.45) is -0.348. The van der Waals surface area contributed by atoms with Gasteiger partial charge in [0.15, 0.2) is 0 Å². The van der Waals surface area contributed by atoms with E-state index in [1.165, 1.54) is 0 Å². The van der Waals surface area contributed by atoms with Gasteiger partial charge in [-0.15, -0.1) is 0 Å².